The first-order chi connectivity index (χ1) is 14.8. The first-order valence-electron chi connectivity index (χ1n) is 10.1. The number of piperidine rings is 1. The van der Waals surface area contributed by atoms with E-state index in [0.717, 1.165) is 28.7 Å². The largest absolute Gasteiger partial charge is 0.363 e. The van der Waals surface area contributed by atoms with E-state index >= 15 is 0 Å². The van der Waals surface area contributed by atoms with Crippen molar-refractivity contribution in [1.82, 2.24) is 14.7 Å². The van der Waals surface area contributed by atoms with Crippen molar-refractivity contribution in [2.24, 2.45) is 0 Å². The quantitative estimate of drug-likeness (QED) is 0.517. The molecule has 9 heteroatoms. The van der Waals surface area contributed by atoms with Gasteiger partial charge in [0.2, 0.25) is 0 Å². The molecule has 164 valence electrons. The highest BCUT2D eigenvalue weighted by atomic mass is 32.1. The summed E-state index contributed by atoms with van der Waals surface area (Å²) in [5, 5.41) is 3.84. The summed E-state index contributed by atoms with van der Waals surface area (Å²) in [6.07, 6.45) is 2.84. The minimum absolute atomic E-state index is 0.225. The molecular formula is C22H21F4N3OS. The first-order valence-corrected chi connectivity index (χ1v) is 10.9. The second-order valence-electron chi connectivity index (χ2n) is 8.19. The average molecular weight is 451 g/mol. The molecule has 0 unspecified atom stereocenters. The summed E-state index contributed by atoms with van der Waals surface area (Å²) in [4.78, 5) is 2.52. The Labute approximate surface area is 181 Å². The minimum atomic E-state index is -3.16. The summed E-state index contributed by atoms with van der Waals surface area (Å²) >= 11 is 0.769. The molecule has 0 radical (unpaired) electrons. The molecule has 0 aliphatic carbocycles. The Morgan fingerprint density at radius 3 is 2.65 bits per heavy atom. The molecule has 2 aliphatic heterocycles. The number of fused-ring (bicyclic) bond motifs is 2. The van der Waals surface area contributed by atoms with Crippen LogP contribution in [0, 0.1) is 17.9 Å². The zero-order valence-electron chi connectivity index (χ0n) is 16.9. The fourth-order valence-corrected chi connectivity index (χ4v) is 5.58. The second-order valence-corrected chi connectivity index (χ2v) is 9.19. The Bertz CT molecular complexity index is 1120. The molecule has 1 aromatic carbocycles. The van der Waals surface area contributed by atoms with Gasteiger partial charge in [0.05, 0.1) is 5.69 Å². The number of benzene rings is 1. The van der Waals surface area contributed by atoms with Crippen LogP contribution in [0.4, 0.5) is 17.6 Å². The van der Waals surface area contributed by atoms with Gasteiger partial charge in [-0.25, -0.2) is 9.07 Å². The fraction of sp³-hybridized carbons (Fsp3) is 0.409. The molecule has 1 saturated heterocycles. The van der Waals surface area contributed by atoms with Crippen LogP contribution in [0.25, 0.3) is 5.69 Å². The molecule has 3 aromatic rings. The number of hydrogen-bond donors (Lipinski definition) is 0. The summed E-state index contributed by atoms with van der Waals surface area (Å²) in [5.74, 6) is -3.50. The third-order valence-electron chi connectivity index (χ3n) is 6.20. The van der Waals surface area contributed by atoms with Crippen LogP contribution in [0.15, 0.2) is 36.5 Å². The minimum Gasteiger partial charge on any atom is -0.363 e. The number of para-hydroxylation sites is 1. The molecule has 0 N–H and O–H groups in total. The average Bonchev–Trinajstić information content (AvgIpc) is 3.31. The monoisotopic (exact) mass is 451 g/mol. The van der Waals surface area contributed by atoms with Crippen LogP contribution in [0.2, 0.25) is 0 Å². The highest BCUT2D eigenvalue weighted by Crippen LogP contribution is 2.51. The molecule has 0 saturated carbocycles. The molecule has 4 heterocycles. The maximum Gasteiger partial charge on any atom is 0.297 e. The van der Waals surface area contributed by atoms with Gasteiger partial charge < -0.3 is 4.74 Å². The fourth-order valence-electron chi connectivity index (χ4n) is 4.44. The normalized spacial score (nSPS) is 20.2. The highest BCUT2D eigenvalue weighted by molar-refractivity contribution is 7.10. The van der Waals surface area contributed by atoms with Crippen molar-refractivity contribution in [3.8, 4) is 5.69 Å². The summed E-state index contributed by atoms with van der Waals surface area (Å²) in [7, 11) is 0. The third-order valence-corrected chi connectivity index (χ3v) is 7.31. The van der Waals surface area contributed by atoms with Crippen molar-refractivity contribution in [1.29, 1.82) is 0 Å². The standard InChI is InChI=1S/C22H21F4N3OS/c1-14-15(12-29(27-14)18-5-3-2-4-17(18)23)11-28-8-6-21(7-9-28)20-16(10-19(24)31-20)22(25,26)13-30-21/h2-5,10,12H,6-9,11,13H2,1H3. The lowest BCUT2D eigenvalue weighted by Crippen LogP contribution is -2.48. The summed E-state index contributed by atoms with van der Waals surface area (Å²) in [5.41, 5.74) is 1.09. The van der Waals surface area contributed by atoms with Crippen LogP contribution in [-0.2, 0) is 22.8 Å². The number of thiophene rings is 1. The smallest absolute Gasteiger partial charge is 0.297 e. The number of aromatic nitrogens is 2. The Morgan fingerprint density at radius 2 is 1.90 bits per heavy atom. The topological polar surface area (TPSA) is 30.3 Å². The van der Waals surface area contributed by atoms with Crippen LogP contribution in [-0.4, -0.2) is 34.4 Å². The van der Waals surface area contributed by atoms with E-state index in [0.29, 0.717) is 43.0 Å². The number of nitrogens with zero attached hydrogens (tertiary/aromatic N) is 3. The molecule has 1 fully saturated rings. The number of rotatable bonds is 3. The molecule has 0 amide bonds. The predicted octanol–water partition coefficient (Wildman–Crippen LogP) is 5.13. The van der Waals surface area contributed by atoms with Crippen LogP contribution >= 0.6 is 11.3 Å². The maximum absolute atomic E-state index is 14.2. The van der Waals surface area contributed by atoms with Gasteiger partial charge in [-0.1, -0.05) is 12.1 Å². The Hall–Kier alpha value is -2.23. The van der Waals surface area contributed by atoms with Gasteiger partial charge in [-0.2, -0.15) is 18.3 Å². The van der Waals surface area contributed by atoms with Crippen LogP contribution in [0.1, 0.15) is 34.5 Å². The zero-order valence-corrected chi connectivity index (χ0v) is 17.7. The Kier molecular flexibility index (Phi) is 4.95. The molecule has 2 aromatic heterocycles. The van der Waals surface area contributed by atoms with Crippen LogP contribution in [0.5, 0.6) is 0 Å². The van der Waals surface area contributed by atoms with Crippen molar-refractivity contribution >= 4 is 11.3 Å². The van der Waals surface area contributed by atoms with Gasteiger partial charge in [0, 0.05) is 41.8 Å². The second kappa shape index (κ2) is 7.43. The number of alkyl halides is 2. The molecule has 4 nitrogen and oxygen atoms in total. The Balaban J connectivity index is 1.32. The van der Waals surface area contributed by atoms with E-state index < -0.39 is 23.3 Å². The predicted molar refractivity (Wildman–Crippen MR) is 109 cm³/mol. The van der Waals surface area contributed by atoms with Gasteiger partial charge in [0.15, 0.2) is 5.13 Å². The van der Waals surface area contributed by atoms with Crippen molar-refractivity contribution in [2.45, 2.75) is 37.8 Å². The zero-order chi connectivity index (χ0) is 21.8. The van der Waals surface area contributed by atoms with E-state index in [1.54, 1.807) is 22.9 Å². The number of ether oxygens (including phenoxy) is 1. The van der Waals surface area contributed by atoms with Crippen molar-refractivity contribution in [3.63, 3.8) is 0 Å². The van der Waals surface area contributed by atoms with Gasteiger partial charge in [-0.15, -0.1) is 11.3 Å². The summed E-state index contributed by atoms with van der Waals surface area (Å²) in [6, 6.07) is 7.41. The molecule has 5 rings (SSSR count). The summed E-state index contributed by atoms with van der Waals surface area (Å²) < 4.78 is 63.5. The lowest BCUT2D eigenvalue weighted by molar-refractivity contribution is -0.182. The molecular weight excluding hydrogens is 430 g/mol. The third kappa shape index (κ3) is 3.58. The van der Waals surface area contributed by atoms with Crippen LogP contribution < -0.4 is 0 Å². The van der Waals surface area contributed by atoms with Gasteiger partial charge in [0.25, 0.3) is 5.92 Å². The van der Waals surface area contributed by atoms with E-state index in [4.69, 9.17) is 4.74 Å². The van der Waals surface area contributed by atoms with Gasteiger partial charge in [0.1, 0.15) is 23.7 Å². The lowest BCUT2D eigenvalue weighted by atomic mass is 9.84. The van der Waals surface area contributed by atoms with E-state index in [1.165, 1.54) is 6.07 Å². The lowest BCUT2D eigenvalue weighted by Gasteiger charge is -2.45. The van der Waals surface area contributed by atoms with Gasteiger partial charge in [-0.3, -0.25) is 4.90 Å². The molecule has 0 atom stereocenters. The van der Waals surface area contributed by atoms with Crippen molar-refractivity contribution in [3.05, 3.63) is 69.2 Å². The SMILES string of the molecule is Cc1nn(-c2ccccc2F)cc1CN1CCC2(CC1)OCC(F)(F)c1cc(F)sc12. The Morgan fingerprint density at radius 1 is 1.16 bits per heavy atom. The molecule has 1 spiro atoms. The van der Waals surface area contributed by atoms with Crippen LogP contribution in [0.3, 0.4) is 0 Å². The van der Waals surface area contributed by atoms with Gasteiger partial charge in [-0.05, 0) is 38.0 Å². The number of likely N-dealkylation sites (tertiary alicyclic amines) is 1. The van der Waals surface area contributed by atoms with E-state index in [9.17, 15) is 17.6 Å². The molecule has 0 bridgehead atoms. The molecule has 2 aliphatic rings. The van der Waals surface area contributed by atoms with E-state index in [-0.39, 0.29) is 11.4 Å². The van der Waals surface area contributed by atoms with E-state index in [1.807, 2.05) is 13.1 Å². The van der Waals surface area contributed by atoms with Crippen molar-refractivity contribution < 1.29 is 22.3 Å². The number of hydrogen-bond acceptors (Lipinski definition) is 4. The van der Waals surface area contributed by atoms with Crippen molar-refractivity contribution in [2.75, 3.05) is 19.7 Å². The number of aryl methyl sites for hydroxylation is 1. The first kappa shape index (κ1) is 20.7. The maximum atomic E-state index is 14.2. The van der Waals surface area contributed by atoms with E-state index in [2.05, 4.69) is 10.00 Å². The summed E-state index contributed by atoms with van der Waals surface area (Å²) in [6.45, 7) is 3.01. The molecule has 31 heavy (non-hydrogen) atoms. The highest BCUT2D eigenvalue weighted by Gasteiger charge is 2.51. The van der Waals surface area contributed by atoms with Gasteiger partial charge >= 0.3 is 0 Å². The number of halogens is 4.